The largest absolute Gasteiger partial charge is 0.478 e. The van der Waals surface area contributed by atoms with Gasteiger partial charge in [-0.25, -0.2) is 9.78 Å². The summed E-state index contributed by atoms with van der Waals surface area (Å²) in [5.74, 6) is -0.158. The van der Waals surface area contributed by atoms with Crippen molar-refractivity contribution >= 4 is 40.4 Å². The van der Waals surface area contributed by atoms with E-state index in [9.17, 15) is 4.79 Å². The molecule has 3 rings (SSSR count). The third-order valence-corrected chi connectivity index (χ3v) is 5.44. The van der Waals surface area contributed by atoms with Crippen LogP contribution >= 0.6 is 34.4 Å². The Morgan fingerprint density at radius 2 is 2.19 bits per heavy atom. The normalized spacial score (nSPS) is 10.7. The number of carboxylic acid groups (broad SMARTS) is 1. The van der Waals surface area contributed by atoms with Gasteiger partial charge in [0.25, 0.3) is 0 Å². The molecule has 0 saturated heterocycles. The molecule has 3 nitrogen and oxygen atoms in total. The summed E-state index contributed by atoms with van der Waals surface area (Å²) in [5, 5.41) is 16.2. The molecule has 0 fully saturated rings. The molecule has 6 heteroatoms. The Labute approximate surface area is 134 Å². The second-order valence-electron chi connectivity index (χ2n) is 4.28. The molecule has 2 aromatic heterocycles. The van der Waals surface area contributed by atoms with Crippen LogP contribution in [0.4, 0.5) is 0 Å². The van der Waals surface area contributed by atoms with Crippen LogP contribution in [-0.2, 0) is 5.75 Å². The van der Waals surface area contributed by atoms with Crippen molar-refractivity contribution in [3.63, 3.8) is 0 Å². The van der Waals surface area contributed by atoms with E-state index >= 15 is 0 Å². The molecule has 1 N–H and O–H groups in total. The lowest BCUT2D eigenvalue weighted by atomic mass is 10.2. The summed E-state index contributed by atoms with van der Waals surface area (Å²) < 4.78 is 0. The molecule has 0 aliphatic rings. The van der Waals surface area contributed by atoms with E-state index in [2.05, 4.69) is 21.8 Å². The Kier molecular flexibility index (Phi) is 4.38. The van der Waals surface area contributed by atoms with Gasteiger partial charge in [0.05, 0.1) is 11.3 Å². The Morgan fingerprint density at radius 1 is 1.29 bits per heavy atom. The summed E-state index contributed by atoms with van der Waals surface area (Å²) in [5.41, 5.74) is 2.50. The minimum atomic E-state index is -0.897. The lowest BCUT2D eigenvalue weighted by molar-refractivity contribution is 0.0696. The molecule has 3 aromatic rings. The first-order valence-corrected chi connectivity index (χ1v) is 8.96. The van der Waals surface area contributed by atoms with Crippen molar-refractivity contribution in [2.75, 3.05) is 0 Å². The maximum atomic E-state index is 10.9. The number of thiazole rings is 1. The molecular weight excluding hydrogens is 322 g/mol. The van der Waals surface area contributed by atoms with Crippen molar-refractivity contribution in [2.45, 2.75) is 10.6 Å². The minimum Gasteiger partial charge on any atom is -0.478 e. The molecule has 0 spiro atoms. The Balaban J connectivity index is 1.68. The molecular formula is C15H11NO2S3. The zero-order valence-electron chi connectivity index (χ0n) is 10.9. The van der Waals surface area contributed by atoms with E-state index in [1.165, 1.54) is 0 Å². The first-order valence-electron chi connectivity index (χ1n) is 6.15. The lowest BCUT2D eigenvalue weighted by Gasteiger charge is -2.01. The predicted octanol–water partition coefficient (Wildman–Crippen LogP) is 4.86. The number of nitrogens with zero attached hydrogens (tertiary/aromatic N) is 1. The number of aromatic nitrogens is 1. The SMILES string of the molecule is O=C(O)c1cccc(SCc2csc(-c3ccsc3)n2)c1. The van der Waals surface area contributed by atoms with Crippen LogP contribution in [0.25, 0.3) is 10.6 Å². The highest BCUT2D eigenvalue weighted by atomic mass is 32.2. The first-order chi connectivity index (χ1) is 10.2. The second kappa shape index (κ2) is 6.43. The van der Waals surface area contributed by atoms with E-state index in [1.807, 2.05) is 11.4 Å². The third-order valence-electron chi connectivity index (χ3n) is 2.79. The van der Waals surface area contributed by atoms with Crippen molar-refractivity contribution < 1.29 is 9.90 Å². The summed E-state index contributed by atoms with van der Waals surface area (Å²) in [6, 6.07) is 9.05. The first kappa shape index (κ1) is 14.3. The molecule has 0 amide bonds. The molecule has 21 heavy (non-hydrogen) atoms. The number of carboxylic acids is 1. The summed E-state index contributed by atoms with van der Waals surface area (Å²) >= 11 is 4.90. The summed E-state index contributed by atoms with van der Waals surface area (Å²) in [7, 11) is 0. The highest BCUT2D eigenvalue weighted by Gasteiger charge is 2.07. The minimum absolute atomic E-state index is 0.317. The van der Waals surface area contributed by atoms with E-state index in [1.54, 1.807) is 52.6 Å². The second-order valence-corrected chi connectivity index (χ2v) is 6.96. The number of carbonyl (C=O) groups is 1. The average molecular weight is 333 g/mol. The third kappa shape index (κ3) is 3.53. The van der Waals surface area contributed by atoms with E-state index in [-0.39, 0.29) is 0 Å². The number of benzene rings is 1. The van der Waals surface area contributed by atoms with Crippen LogP contribution in [0.5, 0.6) is 0 Å². The van der Waals surface area contributed by atoms with Crippen LogP contribution in [0.3, 0.4) is 0 Å². The van der Waals surface area contributed by atoms with Gasteiger partial charge in [0, 0.05) is 27.0 Å². The van der Waals surface area contributed by atoms with Gasteiger partial charge in [-0.1, -0.05) is 6.07 Å². The summed E-state index contributed by atoms with van der Waals surface area (Å²) in [6.45, 7) is 0. The monoisotopic (exact) mass is 333 g/mol. The van der Waals surface area contributed by atoms with Crippen LogP contribution in [0.1, 0.15) is 16.1 Å². The molecule has 106 valence electrons. The van der Waals surface area contributed by atoms with Gasteiger partial charge in [-0.2, -0.15) is 11.3 Å². The Hall–Kier alpha value is -1.63. The van der Waals surface area contributed by atoms with Gasteiger partial charge in [-0.05, 0) is 29.6 Å². The molecule has 0 atom stereocenters. The molecule has 2 heterocycles. The van der Waals surface area contributed by atoms with E-state index in [0.717, 1.165) is 26.9 Å². The summed E-state index contributed by atoms with van der Waals surface area (Å²) in [6.07, 6.45) is 0. The molecule has 0 radical (unpaired) electrons. The Bertz CT molecular complexity index is 750. The molecule has 1 aromatic carbocycles. The Morgan fingerprint density at radius 3 is 2.95 bits per heavy atom. The van der Waals surface area contributed by atoms with Gasteiger partial charge < -0.3 is 5.11 Å². The number of hydrogen-bond acceptors (Lipinski definition) is 5. The fraction of sp³-hybridized carbons (Fsp3) is 0.0667. The lowest BCUT2D eigenvalue weighted by Crippen LogP contribution is -1.95. The maximum Gasteiger partial charge on any atom is 0.335 e. The predicted molar refractivity (Wildman–Crippen MR) is 88.4 cm³/mol. The number of rotatable bonds is 5. The van der Waals surface area contributed by atoms with E-state index in [4.69, 9.17) is 5.11 Å². The van der Waals surface area contributed by atoms with Crippen molar-refractivity contribution in [3.8, 4) is 10.6 Å². The highest BCUT2D eigenvalue weighted by molar-refractivity contribution is 7.98. The van der Waals surface area contributed by atoms with Crippen molar-refractivity contribution in [1.29, 1.82) is 0 Å². The van der Waals surface area contributed by atoms with Gasteiger partial charge in [0.15, 0.2) is 0 Å². The summed E-state index contributed by atoms with van der Waals surface area (Å²) in [4.78, 5) is 16.5. The topological polar surface area (TPSA) is 50.2 Å². The van der Waals surface area contributed by atoms with Gasteiger partial charge in [-0.3, -0.25) is 0 Å². The number of thiophene rings is 1. The standard InChI is InChI=1S/C15H11NO2S3/c17-15(18)10-2-1-3-13(6-10)20-8-12-9-21-14(16-12)11-4-5-19-7-11/h1-7,9H,8H2,(H,17,18). The van der Waals surface area contributed by atoms with Crippen LogP contribution < -0.4 is 0 Å². The molecule has 0 aliphatic heterocycles. The fourth-order valence-corrected chi connectivity index (χ4v) is 4.25. The number of aromatic carboxylic acids is 1. The smallest absolute Gasteiger partial charge is 0.335 e. The van der Waals surface area contributed by atoms with E-state index in [0.29, 0.717) is 5.56 Å². The number of hydrogen-bond donors (Lipinski definition) is 1. The number of thioether (sulfide) groups is 1. The van der Waals surface area contributed by atoms with Crippen molar-refractivity contribution in [3.05, 3.63) is 57.7 Å². The quantitative estimate of drug-likeness (QED) is 0.677. The van der Waals surface area contributed by atoms with Crippen LogP contribution in [0, 0.1) is 0 Å². The maximum absolute atomic E-state index is 10.9. The van der Waals surface area contributed by atoms with Gasteiger partial charge in [-0.15, -0.1) is 23.1 Å². The van der Waals surface area contributed by atoms with E-state index < -0.39 is 5.97 Å². The van der Waals surface area contributed by atoms with Crippen LogP contribution in [0.2, 0.25) is 0 Å². The van der Waals surface area contributed by atoms with Gasteiger partial charge in [0.1, 0.15) is 5.01 Å². The average Bonchev–Trinajstić information content (AvgIpc) is 3.16. The van der Waals surface area contributed by atoms with Crippen molar-refractivity contribution in [2.24, 2.45) is 0 Å². The molecule has 0 saturated carbocycles. The highest BCUT2D eigenvalue weighted by Crippen LogP contribution is 2.29. The van der Waals surface area contributed by atoms with Crippen LogP contribution in [0.15, 0.2) is 51.4 Å². The zero-order chi connectivity index (χ0) is 14.7. The van der Waals surface area contributed by atoms with Crippen molar-refractivity contribution in [1.82, 2.24) is 4.98 Å². The molecule has 0 aliphatic carbocycles. The van der Waals surface area contributed by atoms with Crippen LogP contribution in [-0.4, -0.2) is 16.1 Å². The molecule has 0 unspecified atom stereocenters. The fourth-order valence-electron chi connectivity index (χ4n) is 1.77. The molecule has 0 bridgehead atoms. The van der Waals surface area contributed by atoms with Gasteiger partial charge in [0.2, 0.25) is 0 Å². The zero-order valence-corrected chi connectivity index (χ0v) is 13.3. The van der Waals surface area contributed by atoms with Gasteiger partial charge >= 0.3 is 5.97 Å².